The van der Waals surface area contributed by atoms with Crippen LogP contribution in [0.2, 0.25) is 5.02 Å². The highest BCUT2D eigenvalue weighted by atomic mass is 35.5. The molecular weight excluding hydrogens is 280 g/mol. The number of aliphatic hydroxyl groups excluding tert-OH is 1. The highest BCUT2D eigenvalue weighted by Crippen LogP contribution is 2.29. The number of aliphatic hydroxyl groups is 1. The zero-order valence-electron chi connectivity index (χ0n) is 11.8. The maximum absolute atomic E-state index is 9.86. The summed E-state index contributed by atoms with van der Waals surface area (Å²) in [6, 6.07) is 5.02. The second-order valence-electron chi connectivity index (χ2n) is 4.57. The lowest BCUT2D eigenvalue weighted by molar-refractivity contribution is 0.00967. The van der Waals surface area contributed by atoms with Crippen LogP contribution in [0.15, 0.2) is 18.2 Å². The summed E-state index contributed by atoms with van der Waals surface area (Å²) < 4.78 is 10.4. The van der Waals surface area contributed by atoms with Gasteiger partial charge in [-0.15, -0.1) is 0 Å². The second kappa shape index (κ2) is 7.95. The largest absolute Gasteiger partial charge is 0.495 e. The molecule has 0 aromatic heterocycles. The van der Waals surface area contributed by atoms with Crippen LogP contribution < -0.4 is 9.64 Å². The number of anilines is 1. The molecule has 6 heteroatoms. The molecule has 0 spiro atoms. The van der Waals surface area contributed by atoms with E-state index in [1.165, 1.54) is 12.0 Å². The highest BCUT2D eigenvalue weighted by Gasteiger charge is 2.14. The van der Waals surface area contributed by atoms with Crippen LogP contribution in [0, 0.1) is 11.5 Å². The summed E-state index contributed by atoms with van der Waals surface area (Å²) in [5.41, 5.74) is 0.599. The molecule has 0 aliphatic heterocycles. The van der Waals surface area contributed by atoms with Crippen LogP contribution in [0.5, 0.6) is 5.75 Å². The zero-order valence-corrected chi connectivity index (χ0v) is 12.6. The molecular formula is C14H19ClN2O3. The molecule has 0 aliphatic carbocycles. The predicted molar refractivity (Wildman–Crippen MR) is 78.1 cm³/mol. The number of rotatable bonds is 7. The third-order valence-corrected chi connectivity index (χ3v) is 2.88. The van der Waals surface area contributed by atoms with Gasteiger partial charge >= 0.3 is 0 Å². The van der Waals surface area contributed by atoms with Crippen LogP contribution in [0.3, 0.4) is 0 Å². The Morgan fingerprint density at radius 2 is 2.15 bits per heavy atom. The SMILES string of the molecule is COc1ccc(N(C#N)CC(O)COC(C)C)cc1Cl. The molecule has 5 nitrogen and oxygen atoms in total. The number of nitrogens with zero attached hydrogens (tertiary/aromatic N) is 2. The number of hydrogen-bond acceptors (Lipinski definition) is 5. The van der Waals surface area contributed by atoms with Gasteiger partial charge in [0.2, 0.25) is 0 Å². The molecule has 0 fully saturated rings. The van der Waals surface area contributed by atoms with E-state index in [0.29, 0.717) is 16.5 Å². The van der Waals surface area contributed by atoms with Gasteiger partial charge in [0.05, 0.1) is 43.2 Å². The minimum absolute atomic E-state index is 0.0376. The van der Waals surface area contributed by atoms with Crippen molar-refractivity contribution in [1.82, 2.24) is 0 Å². The first kappa shape index (κ1) is 16.6. The van der Waals surface area contributed by atoms with E-state index in [1.54, 1.807) is 18.2 Å². The molecule has 1 atom stereocenters. The fourth-order valence-corrected chi connectivity index (χ4v) is 1.85. The van der Waals surface area contributed by atoms with Crippen molar-refractivity contribution in [2.45, 2.75) is 26.1 Å². The van der Waals surface area contributed by atoms with Gasteiger partial charge < -0.3 is 14.6 Å². The summed E-state index contributed by atoms with van der Waals surface area (Å²) in [6.07, 6.45) is 1.31. The van der Waals surface area contributed by atoms with Gasteiger partial charge in [0.1, 0.15) is 5.75 Å². The van der Waals surface area contributed by atoms with Gasteiger partial charge in [0.25, 0.3) is 0 Å². The summed E-state index contributed by atoms with van der Waals surface area (Å²) in [5, 5.41) is 19.4. The fourth-order valence-electron chi connectivity index (χ4n) is 1.59. The summed E-state index contributed by atoms with van der Waals surface area (Å²) in [5.74, 6) is 0.539. The van der Waals surface area contributed by atoms with Crippen LogP contribution in [0.1, 0.15) is 13.8 Å². The molecule has 0 saturated carbocycles. The Labute approximate surface area is 124 Å². The monoisotopic (exact) mass is 298 g/mol. The average Bonchev–Trinajstić information content (AvgIpc) is 2.42. The van der Waals surface area contributed by atoms with Crippen molar-refractivity contribution in [3.8, 4) is 11.9 Å². The van der Waals surface area contributed by atoms with Crippen LogP contribution >= 0.6 is 11.6 Å². The number of halogens is 1. The van der Waals surface area contributed by atoms with Crippen molar-refractivity contribution in [2.24, 2.45) is 0 Å². The minimum atomic E-state index is -0.752. The van der Waals surface area contributed by atoms with Gasteiger partial charge in [-0.05, 0) is 32.0 Å². The lowest BCUT2D eigenvalue weighted by atomic mass is 10.2. The lowest BCUT2D eigenvalue weighted by Gasteiger charge is -2.21. The molecule has 20 heavy (non-hydrogen) atoms. The Morgan fingerprint density at radius 1 is 1.45 bits per heavy atom. The first-order chi connectivity index (χ1) is 9.47. The van der Waals surface area contributed by atoms with E-state index in [-0.39, 0.29) is 19.3 Å². The van der Waals surface area contributed by atoms with E-state index in [1.807, 2.05) is 20.0 Å². The minimum Gasteiger partial charge on any atom is -0.495 e. The van der Waals surface area contributed by atoms with Crippen molar-refractivity contribution in [1.29, 1.82) is 5.26 Å². The quantitative estimate of drug-likeness (QED) is 0.618. The van der Waals surface area contributed by atoms with Crippen LogP contribution in [-0.4, -0.2) is 37.6 Å². The Balaban J connectivity index is 2.71. The molecule has 0 bridgehead atoms. The van der Waals surface area contributed by atoms with Gasteiger partial charge in [-0.25, -0.2) is 0 Å². The number of hydrogen-bond donors (Lipinski definition) is 1. The molecule has 0 heterocycles. The third-order valence-electron chi connectivity index (χ3n) is 2.58. The Morgan fingerprint density at radius 3 is 2.65 bits per heavy atom. The van der Waals surface area contributed by atoms with Crippen molar-refractivity contribution in [3.05, 3.63) is 23.2 Å². The highest BCUT2D eigenvalue weighted by molar-refractivity contribution is 6.32. The van der Waals surface area contributed by atoms with E-state index >= 15 is 0 Å². The molecule has 1 aromatic rings. The summed E-state index contributed by atoms with van der Waals surface area (Å²) in [6.45, 7) is 4.10. The van der Waals surface area contributed by atoms with Gasteiger partial charge in [-0.1, -0.05) is 11.6 Å². The van der Waals surface area contributed by atoms with Crippen LogP contribution in [0.25, 0.3) is 0 Å². The summed E-state index contributed by atoms with van der Waals surface area (Å²) in [7, 11) is 1.52. The molecule has 1 N–H and O–H groups in total. The maximum atomic E-state index is 9.86. The smallest absolute Gasteiger partial charge is 0.184 e. The Hall–Kier alpha value is -1.48. The molecule has 0 aliphatic rings. The molecule has 0 radical (unpaired) electrons. The van der Waals surface area contributed by atoms with E-state index in [0.717, 1.165) is 0 Å². The number of nitriles is 1. The molecule has 0 amide bonds. The summed E-state index contributed by atoms with van der Waals surface area (Å²) >= 11 is 6.02. The lowest BCUT2D eigenvalue weighted by Crippen LogP contribution is -2.32. The van der Waals surface area contributed by atoms with E-state index in [2.05, 4.69) is 0 Å². The average molecular weight is 299 g/mol. The third kappa shape index (κ3) is 4.89. The Bertz CT molecular complexity index is 474. The van der Waals surface area contributed by atoms with Gasteiger partial charge in [0.15, 0.2) is 6.19 Å². The van der Waals surface area contributed by atoms with Crippen LogP contribution in [0.4, 0.5) is 5.69 Å². The predicted octanol–water partition coefficient (Wildman–Crippen LogP) is 2.42. The molecule has 110 valence electrons. The molecule has 1 rings (SSSR count). The van der Waals surface area contributed by atoms with Crippen molar-refractivity contribution in [3.63, 3.8) is 0 Å². The van der Waals surface area contributed by atoms with E-state index in [9.17, 15) is 10.4 Å². The van der Waals surface area contributed by atoms with Crippen molar-refractivity contribution >= 4 is 17.3 Å². The van der Waals surface area contributed by atoms with Crippen molar-refractivity contribution < 1.29 is 14.6 Å². The van der Waals surface area contributed by atoms with E-state index < -0.39 is 6.10 Å². The second-order valence-corrected chi connectivity index (χ2v) is 4.97. The van der Waals surface area contributed by atoms with Crippen molar-refractivity contribution in [2.75, 3.05) is 25.2 Å². The Kier molecular flexibility index (Phi) is 6.59. The number of benzene rings is 1. The van der Waals surface area contributed by atoms with E-state index in [4.69, 9.17) is 21.1 Å². The topological polar surface area (TPSA) is 65.7 Å². The van der Waals surface area contributed by atoms with Gasteiger partial charge in [-0.2, -0.15) is 5.26 Å². The first-order valence-electron chi connectivity index (χ1n) is 6.28. The summed E-state index contributed by atoms with van der Waals surface area (Å²) in [4.78, 5) is 1.36. The number of ether oxygens (including phenoxy) is 2. The number of methoxy groups -OCH3 is 1. The van der Waals surface area contributed by atoms with Crippen LogP contribution in [-0.2, 0) is 4.74 Å². The standard InChI is InChI=1S/C14H19ClN2O3/c1-10(2)20-8-12(18)7-17(9-16)11-4-5-14(19-3)13(15)6-11/h4-6,10,12,18H,7-8H2,1-3H3. The maximum Gasteiger partial charge on any atom is 0.184 e. The zero-order chi connectivity index (χ0) is 15.1. The first-order valence-corrected chi connectivity index (χ1v) is 6.66. The molecule has 1 aromatic carbocycles. The fraction of sp³-hybridized carbons (Fsp3) is 0.500. The molecule has 0 saturated heterocycles. The molecule has 1 unspecified atom stereocenters. The van der Waals surface area contributed by atoms with Gasteiger partial charge in [0, 0.05) is 0 Å². The van der Waals surface area contributed by atoms with Gasteiger partial charge in [-0.3, -0.25) is 4.90 Å². The normalized spacial score (nSPS) is 12.1.